The molecule has 2 aromatic carbocycles. The number of carbonyl (C=O) groups is 2. The van der Waals surface area contributed by atoms with E-state index in [0.29, 0.717) is 43.0 Å². The number of halogens is 7. The molecule has 39 heavy (non-hydrogen) atoms. The van der Waals surface area contributed by atoms with E-state index in [1.54, 1.807) is 12.1 Å². The maximum Gasteiger partial charge on any atom is 0.471 e. The predicted octanol–water partition coefficient (Wildman–Crippen LogP) is 5.01. The van der Waals surface area contributed by atoms with Crippen LogP contribution in [0.25, 0.3) is 0 Å². The summed E-state index contributed by atoms with van der Waals surface area (Å²) in [4.78, 5) is 27.1. The summed E-state index contributed by atoms with van der Waals surface area (Å²) in [5, 5.41) is 6.66. The van der Waals surface area contributed by atoms with Crippen LogP contribution in [0.2, 0.25) is 5.02 Å². The molecule has 0 saturated heterocycles. The van der Waals surface area contributed by atoms with Crippen molar-refractivity contribution in [3.8, 4) is 0 Å². The van der Waals surface area contributed by atoms with E-state index in [-0.39, 0.29) is 17.0 Å². The SMILES string of the molecule is CN(C)C1CCC(NC(=O)CN(C(=O)C(F)(F)F)c2cccc(C(F)(F)F)c2)C(NCc2ccc(Cl)cc2)C1. The minimum atomic E-state index is -5.40. The number of alkyl halides is 6. The van der Waals surface area contributed by atoms with Gasteiger partial charge < -0.3 is 15.5 Å². The first-order valence-corrected chi connectivity index (χ1v) is 12.5. The minimum absolute atomic E-state index is 0.0200. The predicted molar refractivity (Wildman–Crippen MR) is 135 cm³/mol. The van der Waals surface area contributed by atoms with Crippen LogP contribution < -0.4 is 15.5 Å². The molecule has 1 aliphatic carbocycles. The molecule has 1 aliphatic rings. The van der Waals surface area contributed by atoms with Crippen molar-refractivity contribution >= 4 is 29.1 Å². The van der Waals surface area contributed by atoms with Gasteiger partial charge in [-0.3, -0.25) is 14.5 Å². The lowest BCUT2D eigenvalue weighted by molar-refractivity contribution is -0.170. The zero-order valence-corrected chi connectivity index (χ0v) is 22.0. The fourth-order valence-electron chi connectivity index (χ4n) is 4.55. The zero-order valence-electron chi connectivity index (χ0n) is 21.2. The third-order valence-electron chi connectivity index (χ3n) is 6.66. The molecule has 1 fully saturated rings. The van der Waals surface area contributed by atoms with Gasteiger partial charge in [0.1, 0.15) is 6.54 Å². The molecule has 0 aliphatic heterocycles. The molecule has 2 N–H and O–H groups in total. The summed E-state index contributed by atoms with van der Waals surface area (Å²) in [7, 11) is 3.85. The molecule has 3 rings (SSSR count). The van der Waals surface area contributed by atoms with Crippen LogP contribution in [0.1, 0.15) is 30.4 Å². The smallest absolute Gasteiger partial charge is 0.350 e. The maximum absolute atomic E-state index is 13.3. The molecule has 0 bridgehead atoms. The van der Waals surface area contributed by atoms with E-state index < -0.39 is 48.0 Å². The summed E-state index contributed by atoms with van der Waals surface area (Å²) >= 11 is 5.93. The van der Waals surface area contributed by atoms with Crippen molar-refractivity contribution in [2.24, 2.45) is 0 Å². The Balaban J connectivity index is 1.78. The number of hydrogen-bond donors (Lipinski definition) is 2. The Kier molecular flexibility index (Phi) is 9.89. The maximum atomic E-state index is 13.3. The first kappa shape index (κ1) is 30.7. The topological polar surface area (TPSA) is 64.7 Å². The van der Waals surface area contributed by atoms with Crippen LogP contribution in [0.15, 0.2) is 48.5 Å². The van der Waals surface area contributed by atoms with E-state index in [1.165, 1.54) is 0 Å². The van der Waals surface area contributed by atoms with Gasteiger partial charge in [0, 0.05) is 35.4 Å². The number of amides is 2. The number of rotatable bonds is 8. The molecule has 0 aromatic heterocycles. The van der Waals surface area contributed by atoms with E-state index in [1.807, 2.05) is 31.1 Å². The average Bonchev–Trinajstić information content (AvgIpc) is 2.86. The second-order valence-corrected chi connectivity index (χ2v) is 10.1. The minimum Gasteiger partial charge on any atom is -0.350 e. The van der Waals surface area contributed by atoms with Gasteiger partial charge in [0.15, 0.2) is 0 Å². The first-order chi connectivity index (χ1) is 18.1. The average molecular weight is 579 g/mol. The largest absolute Gasteiger partial charge is 0.471 e. The molecule has 0 heterocycles. The third-order valence-corrected chi connectivity index (χ3v) is 6.91. The normalized spacial score (nSPS) is 20.1. The molecular formula is C26H29ClF6N4O2. The van der Waals surface area contributed by atoms with E-state index in [2.05, 4.69) is 10.6 Å². The highest BCUT2D eigenvalue weighted by molar-refractivity contribution is 6.30. The molecule has 3 atom stereocenters. The van der Waals surface area contributed by atoms with Gasteiger partial charge in [-0.15, -0.1) is 0 Å². The summed E-state index contributed by atoms with van der Waals surface area (Å²) in [5.41, 5.74) is -0.993. The van der Waals surface area contributed by atoms with Crippen LogP contribution in [-0.4, -0.2) is 61.7 Å². The Hall–Kier alpha value is -2.83. The van der Waals surface area contributed by atoms with Crippen LogP contribution in [0.4, 0.5) is 32.0 Å². The van der Waals surface area contributed by atoms with Crippen molar-refractivity contribution in [2.75, 3.05) is 25.5 Å². The molecule has 0 spiro atoms. The third kappa shape index (κ3) is 8.58. The molecule has 3 unspecified atom stereocenters. The lowest BCUT2D eigenvalue weighted by atomic mass is 9.85. The quantitative estimate of drug-likeness (QED) is 0.432. The monoisotopic (exact) mass is 578 g/mol. The number of hydrogen-bond acceptors (Lipinski definition) is 4. The zero-order chi connectivity index (χ0) is 29.0. The van der Waals surface area contributed by atoms with Crippen LogP contribution >= 0.6 is 11.6 Å². The van der Waals surface area contributed by atoms with Crippen LogP contribution in [0, 0.1) is 0 Å². The highest BCUT2D eigenvalue weighted by Gasteiger charge is 2.44. The Morgan fingerprint density at radius 2 is 1.64 bits per heavy atom. The van der Waals surface area contributed by atoms with Gasteiger partial charge in [0.05, 0.1) is 5.56 Å². The van der Waals surface area contributed by atoms with Gasteiger partial charge in [-0.05, 0) is 69.3 Å². The fourth-order valence-corrected chi connectivity index (χ4v) is 4.67. The standard InChI is InChI=1S/C26H29ClF6N4O2/c1-36(2)19-10-11-21(22(13-19)34-14-16-6-8-18(27)9-7-16)35-23(38)15-37(24(39)26(31,32)33)20-5-3-4-17(12-20)25(28,29)30/h3-9,12,19,21-22,34H,10-11,13-15H2,1-2H3,(H,35,38). The molecule has 6 nitrogen and oxygen atoms in total. The van der Waals surface area contributed by atoms with Crippen molar-refractivity contribution in [2.45, 2.75) is 56.3 Å². The number of nitrogens with one attached hydrogen (secondary N) is 2. The van der Waals surface area contributed by atoms with Crippen LogP contribution in [0.3, 0.4) is 0 Å². The van der Waals surface area contributed by atoms with Crippen molar-refractivity contribution in [1.29, 1.82) is 0 Å². The second kappa shape index (κ2) is 12.6. The van der Waals surface area contributed by atoms with Crippen LogP contribution in [0.5, 0.6) is 0 Å². The summed E-state index contributed by atoms with van der Waals surface area (Å²) in [6, 6.07) is 9.48. The second-order valence-electron chi connectivity index (χ2n) is 9.66. The van der Waals surface area contributed by atoms with Gasteiger partial charge in [0.2, 0.25) is 5.91 Å². The van der Waals surface area contributed by atoms with Crippen LogP contribution in [-0.2, 0) is 22.3 Å². The Morgan fingerprint density at radius 3 is 2.23 bits per heavy atom. The van der Waals surface area contributed by atoms with E-state index >= 15 is 0 Å². The fraction of sp³-hybridized carbons (Fsp3) is 0.462. The highest BCUT2D eigenvalue weighted by Crippen LogP contribution is 2.33. The Morgan fingerprint density at radius 1 is 0.974 bits per heavy atom. The van der Waals surface area contributed by atoms with Crippen molar-refractivity contribution in [3.05, 3.63) is 64.7 Å². The number of nitrogens with zero attached hydrogens (tertiary/aromatic N) is 2. The number of benzene rings is 2. The summed E-state index contributed by atoms with van der Waals surface area (Å²) in [6.45, 7) is -0.658. The Bertz CT molecular complexity index is 1140. The number of anilines is 1. The van der Waals surface area contributed by atoms with Gasteiger partial charge in [-0.2, -0.15) is 26.3 Å². The summed E-state index contributed by atoms with van der Waals surface area (Å²) in [6.07, 6.45) is -8.41. The van der Waals surface area contributed by atoms with Gasteiger partial charge in [-0.1, -0.05) is 29.8 Å². The van der Waals surface area contributed by atoms with Crippen molar-refractivity contribution in [1.82, 2.24) is 15.5 Å². The molecule has 2 amide bonds. The lowest BCUT2D eigenvalue weighted by Crippen LogP contribution is -2.57. The number of carbonyl (C=O) groups excluding carboxylic acids is 2. The summed E-state index contributed by atoms with van der Waals surface area (Å²) in [5.74, 6) is -3.36. The molecule has 1 saturated carbocycles. The molecule has 214 valence electrons. The van der Waals surface area contributed by atoms with Gasteiger partial charge >= 0.3 is 18.3 Å². The molecule has 2 aromatic rings. The van der Waals surface area contributed by atoms with Gasteiger partial charge in [-0.25, -0.2) is 0 Å². The van der Waals surface area contributed by atoms with E-state index in [9.17, 15) is 35.9 Å². The molecular weight excluding hydrogens is 550 g/mol. The Labute approximate surface area is 227 Å². The van der Waals surface area contributed by atoms with E-state index in [0.717, 1.165) is 17.7 Å². The van der Waals surface area contributed by atoms with Crippen molar-refractivity contribution in [3.63, 3.8) is 0 Å². The van der Waals surface area contributed by atoms with Gasteiger partial charge in [0.25, 0.3) is 0 Å². The first-order valence-electron chi connectivity index (χ1n) is 12.1. The molecule has 0 radical (unpaired) electrons. The highest BCUT2D eigenvalue weighted by atomic mass is 35.5. The molecule has 13 heteroatoms. The summed E-state index contributed by atoms with van der Waals surface area (Å²) < 4.78 is 79.5. The van der Waals surface area contributed by atoms with E-state index in [4.69, 9.17) is 11.6 Å². The lowest BCUT2D eigenvalue weighted by Gasteiger charge is -2.40. The van der Waals surface area contributed by atoms with Crippen molar-refractivity contribution < 1.29 is 35.9 Å².